The van der Waals surface area contributed by atoms with Gasteiger partial charge >= 0.3 is 6.09 Å². The van der Waals surface area contributed by atoms with Crippen molar-refractivity contribution in [3.8, 4) is 0 Å². The lowest BCUT2D eigenvalue weighted by molar-refractivity contribution is -0.136. The number of benzene rings is 1. The van der Waals surface area contributed by atoms with Crippen LogP contribution in [-0.2, 0) is 27.3 Å². The Balaban J connectivity index is 1.90. The standard InChI is InChI=1S/C18H24N2O4/c1-18(2,3)24-17(23)19-11-13-6-4-5-12(9-13)10-14-7-8-15(21)20-16(14)22/h4-6,9,14H,7-8,10-11H2,1-3H3,(H,19,23)(H,20,21,22). The van der Waals surface area contributed by atoms with Crippen LogP contribution >= 0.6 is 0 Å². The van der Waals surface area contributed by atoms with E-state index in [2.05, 4.69) is 10.6 Å². The second-order valence-electron chi connectivity index (χ2n) is 7.03. The van der Waals surface area contributed by atoms with Crippen molar-refractivity contribution in [2.24, 2.45) is 5.92 Å². The monoisotopic (exact) mass is 332 g/mol. The molecular formula is C18H24N2O4. The van der Waals surface area contributed by atoms with Gasteiger partial charge < -0.3 is 10.1 Å². The van der Waals surface area contributed by atoms with Crippen molar-refractivity contribution >= 4 is 17.9 Å². The minimum absolute atomic E-state index is 0.184. The summed E-state index contributed by atoms with van der Waals surface area (Å²) in [6, 6.07) is 7.71. The zero-order valence-corrected chi connectivity index (χ0v) is 14.3. The number of imide groups is 1. The molecule has 1 aromatic carbocycles. The van der Waals surface area contributed by atoms with Crippen molar-refractivity contribution in [3.05, 3.63) is 35.4 Å². The van der Waals surface area contributed by atoms with Crippen LogP contribution in [-0.4, -0.2) is 23.5 Å². The van der Waals surface area contributed by atoms with Gasteiger partial charge in [0.25, 0.3) is 0 Å². The van der Waals surface area contributed by atoms with Crippen LogP contribution in [0.25, 0.3) is 0 Å². The van der Waals surface area contributed by atoms with E-state index in [1.54, 1.807) is 0 Å². The summed E-state index contributed by atoms with van der Waals surface area (Å²) in [5.41, 5.74) is 1.41. The highest BCUT2D eigenvalue weighted by atomic mass is 16.6. The Morgan fingerprint density at radius 1 is 1.29 bits per heavy atom. The maximum absolute atomic E-state index is 11.8. The molecule has 0 bridgehead atoms. The van der Waals surface area contributed by atoms with E-state index in [1.165, 1.54) is 0 Å². The molecule has 1 atom stereocenters. The normalized spacial score (nSPS) is 18.0. The molecule has 2 rings (SSSR count). The molecule has 0 spiro atoms. The van der Waals surface area contributed by atoms with Crippen molar-refractivity contribution in [2.75, 3.05) is 0 Å². The number of nitrogens with one attached hydrogen (secondary N) is 2. The Morgan fingerprint density at radius 2 is 2.00 bits per heavy atom. The first-order valence-electron chi connectivity index (χ1n) is 8.11. The van der Waals surface area contributed by atoms with Crippen molar-refractivity contribution in [3.63, 3.8) is 0 Å². The Hall–Kier alpha value is -2.37. The summed E-state index contributed by atoms with van der Waals surface area (Å²) in [4.78, 5) is 34.7. The number of ether oxygens (including phenoxy) is 1. The number of rotatable bonds is 4. The average Bonchev–Trinajstić information content (AvgIpc) is 2.47. The highest BCUT2D eigenvalue weighted by molar-refractivity contribution is 5.98. The van der Waals surface area contributed by atoms with E-state index in [1.807, 2.05) is 45.0 Å². The summed E-state index contributed by atoms with van der Waals surface area (Å²) in [5.74, 6) is -0.591. The molecular weight excluding hydrogens is 308 g/mol. The van der Waals surface area contributed by atoms with Crippen LogP contribution in [0.2, 0.25) is 0 Å². The van der Waals surface area contributed by atoms with Gasteiger partial charge in [0.05, 0.1) is 0 Å². The summed E-state index contributed by atoms with van der Waals surface area (Å²) in [7, 11) is 0. The Kier molecular flexibility index (Phi) is 5.59. The van der Waals surface area contributed by atoms with Crippen LogP contribution in [0.3, 0.4) is 0 Å². The van der Waals surface area contributed by atoms with Gasteiger partial charge in [-0.1, -0.05) is 24.3 Å². The fourth-order valence-corrected chi connectivity index (χ4v) is 2.57. The summed E-state index contributed by atoms with van der Waals surface area (Å²) in [5, 5.41) is 5.09. The molecule has 1 heterocycles. The number of alkyl carbamates (subject to hydrolysis) is 1. The third kappa shape index (κ3) is 5.68. The Labute approximate surface area is 142 Å². The molecule has 0 aromatic heterocycles. The van der Waals surface area contributed by atoms with Gasteiger partial charge in [-0.25, -0.2) is 4.79 Å². The molecule has 0 saturated carbocycles. The van der Waals surface area contributed by atoms with Crippen LogP contribution < -0.4 is 10.6 Å². The average molecular weight is 332 g/mol. The summed E-state index contributed by atoms with van der Waals surface area (Å²) >= 11 is 0. The quantitative estimate of drug-likeness (QED) is 0.829. The fraction of sp³-hybridized carbons (Fsp3) is 0.500. The maximum Gasteiger partial charge on any atom is 0.407 e. The van der Waals surface area contributed by atoms with Crippen molar-refractivity contribution < 1.29 is 19.1 Å². The zero-order chi connectivity index (χ0) is 17.7. The van der Waals surface area contributed by atoms with Gasteiger partial charge in [-0.05, 0) is 44.7 Å². The number of carbonyl (C=O) groups excluding carboxylic acids is 3. The molecule has 3 amide bonds. The predicted octanol–water partition coefficient (Wildman–Crippen LogP) is 2.31. The SMILES string of the molecule is CC(C)(C)OC(=O)NCc1cccc(CC2CCC(=O)NC2=O)c1. The molecule has 1 aliphatic rings. The van der Waals surface area contributed by atoms with Crippen LogP contribution in [0, 0.1) is 5.92 Å². The van der Waals surface area contributed by atoms with Gasteiger partial charge in [-0.2, -0.15) is 0 Å². The molecule has 1 aromatic rings. The molecule has 24 heavy (non-hydrogen) atoms. The van der Waals surface area contributed by atoms with Crippen molar-refractivity contribution in [2.45, 2.75) is 52.2 Å². The lowest BCUT2D eigenvalue weighted by Crippen LogP contribution is -2.41. The Bertz CT molecular complexity index is 634. The minimum Gasteiger partial charge on any atom is -0.444 e. The highest BCUT2D eigenvalue weighted by Crippen LogP contribution is 2.19. The maximum atomic E-state index is 11.8. The van der Waals surface area contributed by atoms with E-state index in [0.29, 0.717) is 25.8 Å². The lowest BCUT2D eigenvalue weighted by atomic mass is 9.91. The van der Waals surface area contributed by atoms with Crippen LogP contribution in [0.15, 0.2) is 24.3 Å². The topological polar surface area (TPSA) is 84.5 Å². The number of piperidine rings is 1. The first kappa shape index (κ1) is 18.0. The summed E-state index contributed by atoms with van der Waals surface area (Å²) in [6.07, 6.45) is 1.08. The molecule has 0 aliphatic carbocycles. The van der Waals surface area contributed by atoms with Gasteiger partial charge in [0.2, 0.25) is 11.8 Å². The van der Waals surface area contributed by atoms with E-state index in [4.69, 9.17) is 4.74 Å². The largest absolute Gasteiger partial charge is 0.444 e. The van der Waals surface area contributed by atoms with Gasteiger partial charge in [-0.3, -0.25) is 14.9 Å². The molecule has 6 nitrogen and oxygen atoms in total. The Morgan fingerprint density at radius 3 is 2.67 bits per heavy atom. The number of carbonyl (C=O) groups is 3. The second kappa shape index (κ2) is 7.47. The third-order valence-electron chi connectivity index (χ3n) is 3.66. The van der Waals surface area contributed by atoms with E-state index in [-0.39, 0.29) is 17.7 Å². The summed E-state index contributed by atoms with van der Waals surface area (Å²) < 4.78 is 5.20. The van der Waals surface area contributed by atoms with Crippen LogP contribution in [0.1, 0.15) is 44.7 Å². The molecule has 0 radical (unpaired) electrons. The first-order valence-corrected chi connectivity index (χ1v) is 8.11. The third-order valence-corrected chi connectivity index (χ3v) is 3.66. The van der Waals surface area contributed by atoms with E-state index < -0.39 is 11.7 Å². The molecule has 1 aliphatic heterocycles. The molecule has 1 fully saturated rings. The van der Waals surface area contributed by atoms with Gasteiger partial charge in [0, 0.05) is 18.9 Å². The van der Waals surface area contributed by atoms with E-state index in [0.717, 1.165) is 11.1 Å². The molecule has 1 unspecified atom stereocenters. The molecule has 130 valence electrons. The molecule has 1 saturated heterocycles. The van der Waals surface area contributed by atoms with Gasteiger partial charge in [-0.15, -0.1) is 0 Å². The van der Waals surface area contributed by atoms with Crippen LogP contribution in [0.4, 0.5) is 4.79 Å². The lowest BCUT2D eigenvalue weighted by Gasteiger charge is -2.21. The van der Waals surface area contributed by atoms with E-state index >= 15 is 0 Å². The van der Waals surface area contributed by atoms with Gasteiger partial charge in [0.15, 0.2) is 0 Å². The van der Waals surface area contributed by atoms with Gasteiger partial charge in [0.1, 0.15) is 5.60 Å². The number of amides is 3. The smallest absolute Gasteiger partial charge is 0.407 e. The molecule has 2 N–H and O–H groups in total. The highest BCUT2D eigenvalue weighted by Gasteiger charge is 2.26. The minimum atomic E-state index is -0.530. The predicted molar refractivity (Wildman–Crippen MR) is 89.1 cm³/mol. The van der Waals surface area contributed by atoms with Crippen molar-refractivity contribution in [1.29, 1.82) is 0 Å². The first-order chi connectivity index (χ1) is 11.2. The summed E-state index contributed by atoms with van der Waals surface area (Å²) in [6.45, 7) is 5.80. The van der Waals surface area contributed by atoms with Crippen molar-refractivity contribution in [1.82, 2.24) is 10.6 Å². The second-order valence-corrected chi connectivity index (χ2v) is 7.03. The molecule has 6 heteroatoms. The van der Waals surface area contributed by atoms with Crippen LogP contribution in [0.5, 0.6) is 0 Å². The number of hydrogen-bond donors (Lipinski definition) is 2. The number of hydrogen-bond acceptors (Lipinski definition) is 4. The fourth-order valence-electron chi connectivity index (χ4n) is 2.57. The van der Waals surface area contributed by atoms with E-state index in [9.17, 15) is 14.4 Å². The zero-order valence-electron chi connectivity index (χ0n) is 14.3.